The normalized spacial score (nSPS) is 23.9. The Morgan fingerprint density at radius 3 is 2.62 bits per heavy atom. The number of hydrogen-bond donors (Lipinski definition) is 1. The van der Waals surface area contributed by atoms with Crippen LogP contribution in [0.2, 0.25) is 0 Å². The van der Waals surface area contributed by atoms with Crippen LogP contribution in [0, 0.1) is 0 Å². The average Bonchev–Trinajstić information content (AvgIpc) is 3.14. The number of rotatable bonds is 5. The summed E-state index contributed by atoms with van der Waals surface area (Å²) < 4.78 is 2.10. The third kappa shape index (κ3) is 2.38. The van der Waals surface area contributed by atoms with Crippen LogP contribution in [-0.2, 0) is 0 Å². The molecule has 0 amide bonds. The lowest BCUT2D eigenvalue weighted by atomic mass is 10.1. The predicted molar refractivity (Wildman–Crippen MR) is 86.4 cm³/mol. The molecule has 21 heavy (non-hydrogen) atoms. The van der Waals surface area contributed by atoms with E-state index in [1.807, 2.05) is 24.5 Å². The van der Waals surface area contributed by atoms with Crippen LogP contribution in [0.3, 0.4) is 0 Å². The number of amidine groups is 1. The lowest BCUT2D eigenvalue weighted by Crippen LogP contribution is -2.56. The highest BCUT2D eigenvalue weighted by Gasteiger charge is 2.41. The first-order valence-electron chi connectivity index (χ1n) is 7.56. The first-order chi connectivity index (χ1) is 10.2. The van der Waals surface area contributed by atoms with Crippen molar-refractivity contribution in [1.82, 2.24) is 19.8 Å². The summed E-state index contributed by atoms with van der Waals surface area (Å²) in [5, 5.41) is 4.60. The number of fused-ring (bicyclic) bond motifs is 1. The van der Waals surface area contributed by atoms with Crippen LogP contribution < -0.4 is 5.43 Å². The maximum Gasteiger partial charge on any atom is 0.178 e. The summed E-state index contributed by atoms with van der Waals surface area (Å²) >= 11 is 0. The van der Waals surface area contributed by atoms with Crippen molar-refractivity contribution in [3.63, 3.8) is 0 Å². The van der Waals surface area contributed by atoms with E-state index in [0.29, 0.717) is 0 Å². The van der Waals surface area contributed by atoms with Crippen molar-refractivity contribution in [2.45, 2.75) is 26.4 Å². The molecule has 0 fully saturated rings. The zero-order valence-corrected chi connectivity index (χ0v) is 13.0. The molecule has 5 heteroatoms. The second-order valence-corrected chi connectivity index (χ2v) is 5.64. The van der Waals surface area contributed by atoms with Crippen LogP contribution >= 0.6 is 0 Å². The molecule has 1 N–H and O–H groups in total. The van der Waals surface area contributed by atoms with Crippen LogP contribution in [0.25, 0.3) is 5.70 Å². The summed E-state index contributed by atoms with van der Waals surface area (Å²) in [7, 11) is 0. The van der Waals surface area contributed by atoms with E-state index in [4.69, 9.17) is 0 Å². The first-order valence-corrected chi connectivity index (χ1v) is 7.56. The van der Waals surface area contributed by atoms with Gasteiger partial charge in [0.15, 0.2) is 5.84 Å². The molecule has 0 bridgehead atoms. The summed E-state index contributed by atoms with van der Waals surface area (Å²) in [6, 6.07) is 4.06. The minimum absolute atomic E-state index is 0.204. The van der Waals surface area contributed by atoms with E-state index < -0.39 is 0 Å². The van der Waals surface area contributed by atoms with Crippen LogP contribution in [0.4, 0.5) is 0 Å². The van der Waals surface area contributed by atoms with E-state index in [9.17, 15) is 0 Å². The van der Waals surface area contributed by atoms with E-state index >= 15 is 0 Å². The fourth-order valence-electron chi connectivity index (χ4n) is 2.92. The SMILES string of the molecule is CCN(CC)C[C@]1(C)NN=C2C(n3cccc3)=CC=CN21. The highest BCUT2D eigenvalue weighted by Crippen LogP contribution is 2.28. The maximum absolute atomic E-state index is 4.60. The molecule has 1 aromatic rings. The topological polar surface area (TPSA) is 35.8 Å². The second kappa shape index (κ2) is 5.41. The molecule has 3 heterocycles. The highest BCUT2D eigenvalue weighted by atomic mass is 15.6. The Balaban J connectivity index is 1.85. The summed E-state index contributed by atoms with van der Waals surface area (Å²) in [5.74, 6) is 0.975. The molecule has 0 saturated heterocycles. The molecule has 2 aliphatic heterocycles. The van der Waals surface area contributed by atoms with Crippen molar-refractivity contribution in [2.75, 3.05) is 19.6 Å². The number of aromatic nitrogens is 1. The van der Waals surface area contributed by atoms with E-state index in [-0.39, 0.29) is 5.66 Å². The monoisotopic (exact) mass is 285 g/mol. The van der Waals surface area contributed by atoms with Crippen molar-refractivity contribution >= 4 is 11.5 Å². The molecule has 3 rings (SSSR count). The zero-order chi connectivity index (χ0) is 14.9. The lowest BCUT2D eigenvalue weighted by molar-refractivity contribution is 0.140. The van der Waals surface area contributed by atoms with E-state index in [2.05, 4.69) is 64.0 Å². The van der Waals surface area contributed by atoms with Gasteiger partial charge in [-0.1, -0.05) is 13.8 Å². The number of nitrogens with zero attached hydrogens (tertiary/aromatic N) is 4. The largest absolute Gasteiger partial charge is 0.321 e. The number of likely N-dealkylation sites (N-methyl/N-ethyl adjacent to an activating group) is 1. The third-order valence-electron chi connectivity index (χ3n) is 4.19. The van der Waals surface area contributed by atoms with Crippen molar-refractivity contribution in [3.05, 3.63) is 42.9 Å². The highest BCUT2D eigenvalue weighted by molar-refractivity contribution is 6.19. The summed E-state index contributed by atoms with van der Waals surface area (Å²) in [6.45, 7) is 9.60. The minimum atomic E-state index is -0.204. The fraction of sp³-hybridized carbons (Fsp3) is 0.438. The summed E-state index contributed by atoms with van der Waals surface area (Å²) in [4.78, 5) is 4.65. The summed E-state index contributed by atoms with van der Waals surface area (Å²) in [5.41, 5.74) is 4.22. The van der Waals surface area contributed by atoms with Gasteiger partial charge in [0, 0.05) is 25.1 Å². The lowest BCUT2D eigenvalue weighted by Gasteiger charge is -2.39. The van der Waals surface area contributed by atoms with Gasteiger partial charge in [-0.15, -0.1) is 0 Å². The van der Waals surface area contributed by atoms with Gasteiger partial charge in [0.2, 0.25) is 0 Å². The second-order valence-electron chi connectivity index (χ2n) is 5.64. The Hall–Kier alpha value is -2.01. The molecule has 0 spiro atoms. The third-order valence-corrected chi connectivity index (χ3v) is 4.19. The van der Waals surface area contributed by atoms with Gasteiger partial charge in [-0.3, -0.25) is 10.3 Å². The standard InChI is InChI=1S/C16H23N5/c1-4-19(5-2)13-16(3)18-17-15-14(9-8-12-21(15)16)20-10-6-7-11-20/h6-12,18H,4-5,13H2,1-3H3/t16-/m1/s1. The van der Waals surface area contributed by atoms with Crippen molar-refractivity contribution in [3.8, 4) is 0 Å². The van der Waals surface area contributed by atoms with Crippen molar-refractivity contribution in [2.24, 2.45) is 5.10 Å². The minimum Gasteiger partial charge on any atom is -0.321 e. The number of nitrogens with one attached hydrogen (secondary N) is 1. The zero-order valence-electron chi connectivity index (χ0n) is 13.0. The Morgan fingerprint density at radius 1 is 1.24 bits per heavy atom. The molecule has 0 radical (unpaired) electrons. The molecule has 1 atom stereocenters. The maximum atomic E-state index is 4.60. The molecule has 5 nitrogen and oxygen atoms in total. The molecule has 0 saturated carbocycles. The fourth-order valence-corrected chi connectivity index (χ4v) is 2.92. The van der Waals surface area contributed by atoms with Crippen molar-refractivity contribution in [1.29, 1.82) is 0 Å². The van der Waals surface area contributed by atoms with Crippen molar-refractivity contribution < 1.29 is 0 Å². The van der Waals surface area contributed by atoms with E-state index in [1.165, 1.54) is 0 Å². The Kier molecular flexibility index (Phi) is 3.59. The van der Waals surface area contributed by atoms with E-state index in [1.54, 1.807) is 0 Å². The van der Waals surface area contributed by atoms with Gasteiger partial charge in [-0.25, -0.2) is 0 Å². The molecule has 2 aliphatic rings. The summed E-state index contributed by atoms with van der Waals surface area (Å²) in [6.07, 6.45) is 10.4. The Labute approximate surface area is 126 Å². The van der Waals surface area contributed by atoms with Gasteiger partial charge in [-0.05, 0) is 44.3 Å². The molecule has 0 aliphatic carbocycles. The molecule has 112 valence electrons. The van der Waals surface area contributed by atoms with Gasteiger partial charge in [0.05, 0.1) is 5.70 Å². The van der Waals surface area contributed by atoms with E-state index in [0.717, 1.165) is 31.2 Å². The van der Waals surface area contributed by atoms with Crippen LogP contribution in [-0.4, -0.2) is 45.5 Å². The van der Waals surface area contributed by atoms with Crippen LogP contribution in [0.15, 0.2) is 48.0 Å². The molecular weight excluding hydrogens is 262 g/mol. The number of hydrogen-bond acceptors (Lipinski definition) is 4. The van der Waals surface area contributed by atoms with Crippen LogP contribution in [0.1, 0.15) is 20.8 Å². The van der Waals surface area contributed by atoms with Crippen LogP contribution in [0.5, 0.6) is 0 Å². The van der Waals surface area contributed by atoms with Gasteiger partial charge < -0.3 is 9.47 Å². The van der Waals surface area contributed by atoms with Gasteiger partial charge in [0.1, 0.15) is 5.66 Å². The van der Waals surface area contributed by atoms with Gasteiger partial charge in [-0.2, -0.15) is 5.10 Å². The number of allylic oxidation sites excluding steroid dienone is 2. The molecule has 1 aromatic heterocycles. The van der Waals surface area contributed by atoms with Gasteiger partial charge in [0.25, 0.3) is 0 Å². The Morgan fingerprint density at radius 2 is 1.95 bits per heavy atom. The number of hydrazone groups is 1. The average molecular weight is 285 g/mol. The Bertz CT molecular complexity index is 580. The van der Waals surface area contributed by atoms with Gasteiger partial charge >= 0.3 is 0 Å². The quantitative estimate of drug-likeness (QED) is 0.900. The molecule has 0 unspecified atom stereocenters. The smallest absolute Gasteiger partial charge is 0.178 e. The molecule has 0 aromatic carbocycles. The first kappa shape index (κ1) is 13.9. The molecular formula is C16H23N5. The predicted octanol–water partition coefficient (Wildman–Crippen LogP) is 2.13.